The quantitative estimate of drug-likeness (QED) is 0.776. The number of carbonyl (C=O) groups excluding carboxylic acids is 2. The lowest BCUT2D eigenvalue weighted by Crippen LogP contribution is -2.44. The topological polar surface area (TPSA) is 80.4 Å². The zero-order valence-electron chi connectivity index (χ0n) is 15.7. The molecule has 2 aromatic rings. The van der Waals surface area contributed by atoms with Crippen LogP contribution in [0, 0.1) is 5.92 Å². The van der Waals surface area contributed by atoms with Gasteiger partial charge in [0.05, 0.1) is 7.11 Å². The third-order valence-corrected chi connectivity index (χ3v) is 4.35. The molecular formula is C20H26N2O4. The van der Waals surface area contributed by atoms with Gasteiger partial charge in [0, 0.05) is 10.9 Å². The van der Waals surface area contributed by atoms with Crippen molar-refractivity contribution in [1.82, 2.24) is 10.3 Å². The molecule has 1 aliphatic rings. The SMILES string of the molecule is COc1cccc2[nH]c(C(=O)NC(CC3CC3)C(=O)OC(C)(C)C)cc12. The number of nitrogens with one attached hydrogen (secondary N) is 2. The van der Waals surface area contributed by atoms with Crippen LogP contribution in [0.15, 0.2) is 24.3 Å². The molecule has 26 heavy (non-hydrogen) atoms. The molecule has 1 heterocycles. The molecule has 0 bridgehead atoms. The first kappa shape index (κ1) is 18.3. The second-order valence-electron chi connectivity index (χ2n) is 7.84. The Balaban J connectivity index is 1.77. The van der Waals surface area contributed by atoms with Crippen molar-refractivity contribution in [2.75, 3.05) is 7.11 Å². The molecule has 1 aromatic heterocycles. The van der Waals surface area contributed by atoms with E-state index in [1.807, 2.05) is 39.0 Å². The van der Waals surface area contributed by atoms with E-state index in [1.165, 1.54) is 0 Å². The van der Waals surface area contributed by atoms with Crippen LogP contribution in [0.5, 0.6) is 5.75 Å². The molecule has 1 fully saturated rings. The number of esters is 1. The van der Waals surface area contributed by atoms with Gasteiger partial charge in [0.2, 0.25) is 0 Å². The van der Waals surface area contributed by atoms with E-state index in [9.17, 15) is 9.59 Å². The van der Waals surface area contributed by atoms with Crippen LogP contribution in [-0.2, 0) is 9.53 Å². The minimum absolute atomic E-state index is 0.320. The average Bonchev–Trinajstić information content (AvgIpc) is 3.26. The van der Waals surface area contributed by atoms with E-state index in [0.29, 0.717) is 23.8 Å². The van der Waals surface area contributed by atoms with E-state index in [4.69, 9.17) is 9.47 Å². The normalized spacial score (nSPS) is 15.5. The number of amides is 1. The average molecular weight is 358 g/mol. The van der Waals surface area contributed by atoms with Crippen LogP contribution in [0.25, 0.3) is 10.9 Å². The van der Waals surface area contributed by atoms with E-state index in [1.54, 1.807) is 13.2 Å². The highest BCUT2D eigenvalue weighted by atomic mass is 16.6. The number of aromatic nitrogens is 1. The second-order valence-corrected chi connectivity index (χ2v) is 7.84. The monoisotopic (exact) mass is 358 g/mol. The number of carbonyl (C=O) groups is 2. The predicted molar refractivity (Wildman–Crippen MR) is 99.3 cm³/mol. The first-order valence-corrected chi connectivity index (χ1v) is 8.96. The molecule has 0 aliphatic heterocycles. The molecule has 3 rings (SSSR count). The summed E-state index contributed by atoms with van der Waals surface area (Å²) >= 11 is 0. The molecule has 6 nitrogen and oxygen atoms in total. The molecule has 1 saturated carbocycles. The van der Waals surface area contributed by atoms with Gasteiger partial charge >= 0.3 is 5.97 Å². The maximum atomic E-state index is 12.7. The number of hydrogen-bond donors (Lipinski definition) is 2. The fourth-order valence-corrected chi connectivity index (χ4v) is 2.94. The molecule has 1 unspecified atom stereocenters. The minimum Gasteiger partial charge on any atom is -0.496 e. The first-order chi connectivity index (χ1) is 12.3. The lowest BCUT2D eigenvalue weighted by Gasteiger charge is -2.24. The third kappa shape index (κ3) is 4.36. The van der Waals surface area contributed by atoms with Crippen molar-refractivity contribution in [2.45, 2.75) is 51.7 Å². The van der Waals surface area contributed by atoms with Crippen molar-refractivity contribution < 1.29 is 19.1 Å². The zero-order chi connectivity index (χ0) is 18.9. The van der Waals surface area contributed by atoms with Crippen LogP contribution >= 0.6 is 0 Å². The molecule has 6 heteroatoms. The van der Waals surface area contributed by atoms with Gasteiger partial charge in [0.1, 0.15) is 23.1 Å². The molecular weight excluding hydrogens is 332 g/mol. The molecule has 0 spiro atoms. The highest BCUT2D eigenvalue weighted by molar-refractivity contribution is 6.01. The van der Waals surface area contributed by atoms with E-state index in [2.05, 4.69) is 10.3 Å². The highest BCUT2D eigenvalue weighted by Crippen LogP contribution is 2.34. The molecule has 0 saturated heterocycles. The van der Waals surface area contributed by atoms with Crippen LogP contribution in [0.4, 0.5) is 0 Å². The van der Waals surface area contributed by atoms with Gasteiger partial charge in [-0.25, -0.2) is 4.79 Å². The van der Waals surface area contributed by atoms with Crippen molar-refractivity contribution in [1.29, 1.82) is 0 Å². The summed E-state index contributed by atoms with van der Waals surface area (Å²) < 4.78 is 10.8. The Bertz CT molecular complexity index is 815. The van der Waals surface area contributed by atoms with Gasteiger partial charge in [0.15, 0.2) is 0 Å². The fraction of sp³-hybridized carbons (Fsp3) is 0.500. The summed E-state index contributed by atoms with van der Waals surface area (Å²) in [4.78, 5) is 28.3. The Kier molecular flexibility index (Phi) is 4.94. The van der Waals surface area contributed by atoms with E-state index >= 15 is 0 Å². The Morgan fingerprint density at radius 1 is 1.31 bits per heavy atom. The van der Waals surface area contributed by atoms with Gasteiger partial charge in [-0.3, -0.25) is 4.79 Å². The van der Waals surface area contributed by atoms with Gasteiger partial charge in [0.25, 0.3) is 5.91 Å². The van der Waals surface area contributed by atoms with E-state index in [0.717, 1.165) is 23.7 Å². The summed E-state index contributed by atoms with van der Waals surface area (Å²) in [6.07, 6.45) is 2.81. The number of rotatable bonds is 6. The molecule has 140 valence electrons. The third-order valence-electron chi connectivity index (χ3n) is 4.35. The van der Waals surface area contributed by atoms with Crippen LogP contribution in [0.1, 0.15) is 50.5 Å². The number of hydrogen-bond acceptors (Lipinski definition) is 4. The maximum absolute atomic E-state index is 12.7. The van der Waals surface area contributed by atoms with Crippen molar-refractivity contribution in [3.63, 3.8) is 0 Å². The number of benzene rings is 1. The van der Waals surface area contributed by atoms with Gasteiger partial charge in [-0.1, -0.05) is 18.9 Å². The standard InChI is InChI=1S/C20H26N2O4/c1-20(2,3)26-19(24)16(10-12-8-9-12)22-18(23)15-11-13-14(21-15)6-5-7-17(13)25-4/h5-7,11-12,16,21H,8-10H2,1-4H3,(H,22,23). The zero-order valence-corrected chi connectivity index (χ0v) is 15.7. The van der Waals surface area contributed by atoms with Crippen LogP contribution in [0.3, 0.4) is 0 Å². The Morgan fingerprint density at radius 3 is 2.65 bits per heavy atom. The molecule has 1 amide bonds. The smallest absolute Gasteiger partial charge is 0.329 e. The lowest BCUT2D eigenvalue weighted by atomic mass is 10.1. The lowest BCUT2D eigenvalue weighted by molar-refractivity contribution is -0.157. The Labute approximate surface area is 153 Å². The maximum Gasteiger partial charge on any atom is 0.329 e. The van der Waals surface area contributed by atoms with Gasteiger partial charge in [-0.15, -0.1) is 0 Å². The van der Waals surface area contributed by atoms with Crippen molar-refractivity contribution in [3.05, 3.63) is 30.0 Å². The summed E-state index contributed by atoms with van der Waals surface area (Å²) in [6.45, 7) is 5.47. The molecule has 1 atom stereocenters. The number of H-pyrrole nitrogens is 1. The second kappa shape index (κ2) is 7.02. The van der Waals surface area contributed by atoms with Crippen molar-refractivity contribution >= 4 is 22.8 Å². The summed E-state index contributed by atoms with van der Waals surface area (Å²) in [7, 11) is 1.59. The number of methoxy groups -OCH3 is 1. The van der Waals surface area contributed by atoms with Gasteiger partial charge in [-0.2, -0.15) is 0 Å². The van der Waals surface area contributed by atoms with Crippen LogP contribution in [0.2, 0.25) is 0 Å². The van der Waals surface area contributed by atoms with E-state index < -0.39 is 11.6 Å². The molecule has 1 aliphatic carbocycles. The molecule has 0 radical (unpaired) electrons. The summed E-state index contributed by atoms with van der Waals surface area (Å²) in [5.74, 6) is 0.473. The predicted octanol–water partition coefficient (Wildman–Crippen LogP) is 3.42. The number of ether oxygens (including phenoxy) is 2. The summed E-state index contributed by atoms with van der Waals surface area (Å²) in [6, 6.07) is 6.68. The molecule has 1 aromatic carbocycles. The van der Waals surface area contributed by atoms with Crippen LogP contribution < -0.4 is 10.1 Å². The number of aromatic amines is 1. The number of fused-ring (bicyclic) bond motifs is 1. The minimum atomic E-state index is -0.637. The fourth-order valence-electron chi connectivity index (χ4n) is 2.94. The first-order valence-electron chi connectivity index (χ1n) is 8.96. The van der Waals surface area contributed by atoms with Crippen molar-refractivity contribution in [2.24, 2.45) is 5.92 Å². The van der Waals surface area contributed by atoms with Crippen molar-refractivity contribution in [3.8, 4) is 5.75 Å². The highest BCUT2D eigenvalue weighted by Gasteiger charge is 2.33. The Hall–Kier alpha value is -2.50. The Morgan fingerprint density at radius 2 is 2.04 bits per heavy atom. The van der Waals surface area contributed by atoms with Gasteiger partial charge < -0.3 is 19.8 Å². The molecule has 2 N–H and O–H groups in total. The van der Waals surface area contributed by atoms with Crippen LogP contribution in [-0.4, -0.2) is 35.6 Å². The largest absolute Gasteiger partial charge is 0.496 e. The summed E-state index contributed by atoms with van der Waals surface area (Å²) in [5.41, 5.74) is 0.623. The summed E-state index contributed by atoms with van der Waals surface area (Å²) in [5, 5.41) is 3.67. The van der Waals surface area contributed by atoms with Gasteiger partial charge in [-0.05, 0) is 51.3 Å². The van der Waals surface area contributed by atoms with E-state index in [-0.39, 0.29) is 11.9 Å².